The number of nitrogens with one attached hydrogen (secondary N) is 1. The van der Waals surface area contributed by atoms with Crippen LogP contribution in [0, 0.1) is 23.5 Å². The summed E-state index contributed by atoms with van der Waals surface area (Å²) in [6.07, 6.45) is 3.21. The van der Waals surface area contributed by atoms with Gasteiger partial charge < -0.3 is 5.32 Å². The smallest absolute Gasteiger partial charge is 0.243 e. The first kappa shape index (κ1) is 18.5. The van der Waals surface area contributed by atoms with Crippen molar-refractivity contribution in [3.63, 3.8) is 0 Å². The molecule has 2 fully saturated rings. The Morgan fingerprint density at radius 1 is 1.08 bits per heavy atom. The van der Waals surface area contributed by atoms with Crippen LogP contribution in [0.25, 0.3) is 0 Å². The lowest BCUT2D eigenvalue weighted by molar-refractivity contribution is -0.147. The predicted molar refractivity (Wildman–Crippen MR) is 89.7 cm³/mol. The first-order valence-corrected chi connectivity index (χ1v) is 8.93. The van der Waals surface area contributed by atoms with E-state index in [9.17, 15) is 23.2 Å². The van der Waals surface area contributed by atoms with E-state index in [2.05, 4.69) is 5.32 Å². The summed E-state index contributed by atoms with van der Waals surface area (Å²) in [5.74, 6) is -3.62. The number of fused-ring (bicyclic) bond motifs is 1. The maximum absolute atomic E-state index is 13.4. The first-order chi connectivity index (χ1) is 12.3. The van der Waals surface area contributed by atoms with Gasteiger partial charge in [-0.3, -0.25) is 19.3 Å². The number of rotatable bonds is 4. The van der Waals surface area contributed by atoms with Crippen LogP contribution in [-0.4, -0.2) is 28.7 Å². The van der Waals surface area contributed by atoms with Gasteiger partial charge in [-0.15, -0.1) is 0 Å². The third-order valence-corrected chi connectivity index (χ3v) is 5.44. The standard InChI is InChI=1S/C19H22F2N2O3/c1-10(12-7-8-15(20)16(21)9-12)22-17(24)11(2)23-18(25)13-5-3-4-6-14(13)19(23)26/h7-11,13-14H,3-6H2,1-2H3,(H,22,24). The second-order valence-electron chi connectivity index (χ2n) is 7.12. The van der Waals surface area contributed by atoms with Gasteiger partial charge in [0.15, 0.2) is 11.6 Å². The molecule has 1 aromatic rings. The van der Waals surface area contributed by atoms with Gasteiger partial charge in [0, 0.05) is 0 Å². The summed E-state index contributed by atoms with van der Waals surface area (Å²) in [4.78, 5) is 38.8. The monoisotopic (exact) mass is 364 g/mol. The summed E-state index contributed by atoms with van der Waals surface area (Å²) in [6.45, 7) is 3.14. The number of halogens is 2. The van der Waals surface area contributed by atoms with E-state index in [4.69, 9.17) is 0 Å². The van der Waals surface area contributed by atoms with E-state index in [1.165, 1.54) is 13.0 Å². The molecule has 1 heterocycles. The molecular formula is C19H22F2N2O3. The maximum atomic E-state index is 13.4. The number of likely N-dealkylation sites (tertiary alicyclic amines) is 1. The van der Waals surface area contributed by atoms with Gasteiger partial charge in [0.25, 0.3) is 0 Å². The Bertz CT molecular complexity index is 728. The Balaban J connectivity index is 1.70. The number of benzene rings is 1. The fourth-order valence-corrected chi connectivity index (χ4v) is 3.89. The van der Waals surface area contributed by atoms with Crippen LogP contribution in [0.5, 0.6) is 0 Å². The average molecular weight is 364 g/mol. The van der Waals surface area contributed by atoms with Crippen molar-refractivity contribution in [1.82, 2.24) is 10.2 Å². The van der Waals surface area contributed by atoms with Crippen molar-refractivity contribution in [3.05, 3.63) is 35.4 Å². The molecule has 140 valence electrons. The molecule has 0 spiro atoms. The van der Waals surface area contributed by atoms with Crippen molar-refractivity contribution in [3.8, 4) is 0 Å². The number of amides is 3. The van der Waals surface area contributed by atoms with Crippen LogP contribution in [0.15, 0.2) is 18.2 Å². The molecule has 5 nitrogen and oxygen atoms in total. The highest BCUT2D eigenvalue weighted by Crippen LogP contribution is 2.38. The molecule has 1 aliphatic heterocycles. The van der Waals surface area contributed by atoms with Crippen molar-refractivity contribution in [1.29, 1.82) is 0 Å². The van der Waals surface area contributed by atoms with Crippen molar-refractivity contribution < 1.29 is 23.2 Å². The molecule has 0 radical (unpaired) electrons. The van der Waals surface area contributed by atoms with Crippen LogP contribution < -0.4 is 5.32 Å². The SMILES string of the molecule is CC(NC(=O)C(C)N1C(=O)C2CCCCC2C1=O)c1ccc(F)c(F)c1. The molecule has 3 amide bonds. The molecule has 1 N–H and O–H groups in total. The van der Waals surface area contributed by atoms with Gasteiger partial charge in [-0.25, -0.2) is 8.78 Å². The molecule has 0 bridgehead atoms. The summed E-state index contributed by atoms with van der Waals surface area (Å²) >= 11 is 0. The van der Waals surface area contributed by atoms with Gasteiger partial charge in [-0.1, -0.05) is 18.9 Å². The summed E-state index contributed by atoms with van der Waals surface area (Å²) in [5, 5.41) is 2.67. The second kappa shape index (κ2) is 7.13. The highest BCUT2D eigenvalue weighted by Gasteiger charge is 2.50. The fourth-order valence-electron chi connectivity index (χ4n) is 3.89. The third-order valence-electron chi connectivity index (χ3n) is 5.44. The fraction of sp³-hybridized carbons (Fsp3) is 0.526. The van der Waals surface area contributed by atoms with Crippen LogP contribution in [0.4, 0.5) is 8.78 Å². The second-order valence-corrected chi connectivity index (χ2v) is 7.12. The zero-order valence-corrected chi connectivity index (χ0v) is 14.8. The first-order valence-electron chi connectivity index (χ1n) is 8.93. The van der Waals surface area contributed by atoms with E-state index >= 15 is 0 Å². The van der Waals surface area contributed by atoms with Gasteiger partial charge >= 0.3 is 0 Å². The molecule has 0 aromatic heterocycles. The number of imide groups is 1. The Hall–Kier alpha value is -2.31. The largest absolute Gasteiger partial charge is 0.348 e. The Kier molecular flexibility index (Phi) is 5.07. The van der Waals surface area contributed by atoms with E-state index in [0.717, 1.165) is 29.9 Å². The highest BCUT2D eigenvalue weighted by atomic mass is 19.2. The molecular weight excluding hydrogens is 342 g/mol. The van der Waals surface area contributed by atoms with E-state index in [0.29, 0.717) is 18.4 Å². The van der Waals surface area contributed by atoms with Gasteiger partial charge in [-0.2, -0.15) is 0 Å². The maximum Gasteiger partial charge on any atom is 0.243 e. The Labute approximate surface area is 150 Å². The van der Waals surface area contributed by atoms with Crippen molar-refractivity contribution in [2.75, 3.05) is 0 Å². The van der Waals surface area contributed by atoms with Gasteiger partial charge in [0.1, 0.15) is 6.04 Å². The molecule has 2 aliphatic rings. The highest BCUT2D eigenvalue weighted by molar-refractivity contribution is 6.08. The van der Waals surface area contributed by atoms with E-state index in [1.807, 2.05) is 0 Å². The summed E-state index contributed by atoms with van der Waals surface area (Å²) in [7, 11) is 0. The Morgan fingerprint density at radius 3 is 2.19 bits per heavy atom. The number of carbonyl (C=O) groups excluding carboxylic acids is 3. The molecule has 26 heavy (non-hydrogen) atoms. The topological polar surface area (TPSA) is 66.5 Å². The van der Waals surface area contributed by atoms with E-state index in [1.54, 1.807) is 6.92 Å². The molecule has 1 aliphatic carbocycles. The zero-order valence-electron chi connectivity index (χ0n) is 14.8. The molecule has 1 saturated heterocycles. The Morgan fingerprint density at radius 2 is 1.65 bits per heavy atom. The molecule has 7 heteroatoms. The average Bonchev–Trinajstić information content (AvgIpc) is 2.88. The lowest BCUT2D eigenvalue weighted by Crippen LogP contribution is -2.48. The summed E-state index contributed by atoms with van der Waals surface area (Å²) in [6, 6.07) is 1.87. The van der Waals surface area contributed by atoms with Gasteiger partial charge in [0.05, 0.1) is 17.9 Å². The molecule has 1 aromatic carbocycles. The minimum Gasteiger partial charge on any atom is -0.348 e. The van der Waals surface area contributed by atoms with E-state index < -0.39 is 29.6 Å². The third kappa shape index (κ3) is 3.22. The summed E-state index contributed by atoms with van der Waals surface area (Å²) in [5.41, 5.74) is 0.400. The molecule has 3 rings (SSSR count). The van der Waals surface area contributed by atoms with Crippen LogP contribution in [0.2, 0.25) is 0 Å². The van der Waals surface area contributed by atoms with Crippen LogP contribution in [-0.2, 0) is 14.4 Å². The van der Waals surface area contributed by atoms with Crippen LogP contribution in [0.3, 0.4) is 0 Å². The molecule has 4 unspecified atom stereocenters. The predicted octanol–water partition coefficient (Wildman–Crippen LogP) is 2.71. The lowest BCUT2D eigenvalue weighted by atomic mass is 9.81. The zero-order chi connectivity index (χ0) is 19.0. The van der Waals surface area contributed by atoms with Gasteiger partial charge in [-0.05, 0) is 44.4 Å². The minimum atomic E-state index is -0.995. The van der Waals surface area contributed by atoms with Gasteiger partial charge in [0.2, 0.25) is 17.7 Å². The molecule has 1 saturated carbocycles. The van der Waals surface area contributed by atoms with Crippen molar-refractivity contribution >= 4 is 17.7 Å². The van der Waals surface area contributed by atoms with Crippen molar-refractivity contribution in [2.45, 2.75) is 51.6 Å². The number of hydrogen-bond donors (Lipinski definition) is 1. The van der Waals surface area contributed by atoms with Crippen LogP contribution >= 0.6 is 0 Å². The summed E-state index contributed by atoms with van der Waals surface area (Å²) < 4.78 is 26.4. The minimum absolute atomic E-state index is 0.275. The molecule has 4 atom stereocenters. The number of hydrogen-bond acceptors (Lipinski definition) is 3. The normalized spacial score (nSPS) is 25.0. The van der Waals surface area contributed by atoms with E-state index in [-0.39, 0.29) is 23.7 Å². The van der Waals surface area contributed by atoms with Crippen LogP contribution in [0.1, 0.15) is 51.1 Å². The number of nitrogens with zero attached hydrogens (tertiary/aromatic N) is 1. The number of carbonyl (C=O) groups is 3. The quantitative estimate of drug-likeness (QED) is 0.836. The van der Waals surface area contributed by atoms with Crippen molar-refractivity contribution in [2.24, 2.45) is 11.8 Å². The lowest BCUT2D eigenvalue weighted by Gasteiger charge is -2.24.